The number of aromatic nitrogens is 2. The minimum atomic E-state index is -0.110. The number of ether oxygens (including phenoxy) is 2. The Hall–Kier alpha value is -1.75. The third-order valence-corrected chi connectivity index (χ3v) is 3.34. The van der Waals surface area contributed by atoms with E-state index >= 15 is 0 Å². The van der Waals surface area contributed by atoms with Crippen LogP contribution in [0.15, 0.2) is 23.0 Å². The molecule has 1 aliphatic rings. The van der Waals surface area contributed by atoms with Gasteiger partial charge in [0.1, 0.15) is 12.4 Å². The van der Waals surface area contributed by atoms with Gasteiger partial charge in [-0.2, -0.15) is 0 Å². The minimum Gasteiger partial charge on any atom is -0.491 e. The molecule has 1 N–H and O–H groups in total. The lowest BCUT2D eigenvalue weighted by Gasteiger charge is -2.11. The van der Waals surface area contributed by atoms with E-state index in [-0.39, 0.29) is 11.8 Å². The summed E-state index contributed by atoms with van der Waals surface area (Å²) < 4.78 is 12.8. The first kappa shape index (κ1) is 11.3. The lowest BCUT2D eigenvalue weighted by Crippen LogP contribution is -2.16. The van der Waals surface area contributed by atoms with Crippen LogP contribution in [0.25, 0.3) is 11.0 Å². The van der Waals surface area contributed by atoms with Crippen LogP contribution in [0.2, 0.25) is 0 Å². The first-order valence-electron chi connectivity index (χ1n) is 6.17. The van der Waals surface area contributed by atoms with E-state index in [0.29, 0.717) is 6.61 Å². The van der Waals surface area contributed by atoms with Crippen molar-refractivity contribution in [2.75, 3.05) is 13.2 Å². The number of aromatic amines is 1. The van der Waals surface area contributed by atoms with E-state index in [2.05, 4.69) is 4.98 Å². The molecule has 0 aliphatic carbocycles. The number of imidazole rings is 1. The molecule has 5 nitrogen and oxygen atoms in total. The van der Waals surface area contributed by atoms with E-state index in [9.17, 15) is 4.79 Å². The smallest absolute Gasteiger partial charge is 0.326 e. The first-order chi connectivity index (χ1) is 8.74. The first-order valence-corrected chi connectivity index (χ1v) is 6.17. The molecule has 3 rings (SSSR count). The topological polar surface area (TPSA) is 56.2 Å². The van der Waals surface area contributed by atoms with Gasteiger partial charge < -0.3 is 14.5 Å². The highest BCUT2D eigenvalue weighted by molar-refractivity contribution is 5.76. The van der Waals surface area contributed by atoms with Crippen molar-refractivity contribution in [1.29, 1.82) is 0 Å². The lowest BCUT2D eigenvalue weighted by atomic mass is 10.2. The second-order valence-electron chi connectivity index (χ2n) is 4.61. The number of rotatable bonds is 3. The fraction of sp³-hybridized carbons (Fsp3) is 0.462. The Morgan fingerprint density at radius 3 is 3.22 bits per heavy atom. The van der Waals surface area contributed by atoms with Gasteiger partial charge in [-0.1, -0.05) is 0 Å². The van der Waals surface area contributed by atoms with E-state index in [0.717, 1.165) is 36.2 Å². The molecule has 18 heavy (non-hydrogen) atoms. The summed E-state index contributed by atoms with van der Waals surface area (Å²) >= 11 is 0. The maximum atomic E-state index is 11.5. The second kappa shape index (κ2) is 4.49. The molecule has 1 atom stereocenters. The van der Waals surface area contributed by atoms with Crippen LogP contribution in [-0.2, 0) is 11.8 Å². The van der Waals surface area contributed by atoms with Crippen molar-refractivity contribution in [1.82, 2.24) is 9.55 Å². The number of nitrogens with one attached hydrogen (secondary N) is 1. The molecule has 1 unspecified atom stereocenters. The molecule has 1 aromatic heterocycles. The van der Waals surface area contributed by atoms with Crippen molar-refractivity contribution in [2.24, 2.45) is 7.05 Å². The van der Waals surface area contributed by atoms with Crippen molar-refractivity contribution in [3.05, 3.63) is 28.7 Å². The van der Waals surface area contributed by atoms with Gasteiger partial charge >= 0.3 is 5.69 Å². The van der Waals surface area contributed by atoms with Crippen LogP contribution < -0.4 is 10.4 Å². The van der Waals surface area contributed by atoms with E-state index in [1.165, 1.54) is 0 Å². The van der Waals surface area contributed by atoms with Gasteiger partial charge in [0.05, 0.1) is 17.1 Å². The highest BCUT2D eigenvalue weighted by Gasteiger charge is 2.16. The Morgan fingerprint density at radius 2 is 2.44 bits per heavy atom. The van der Waals surface area contributed by atoms with Crippen molar-refractivity contribution >= 4 is 11.0 Å². The molecular weight excluding hydrogens is 232 g/mol. The molecule has 0 saturated carbocycles. The van der Waals surface area contributed by atoms with Gasteiger partial charge in [-0.05, 0) is 25.0 Å². The predicted molar refractivity (Wildman–Crippen MR) is 68.0 cm³/mol. The van der Waals surface area contributed by atoms with Gasteiger partial charge in [0, 0.05) is 19.7 Å². The van der Waals surface area contributed by atoms with Crippen molar-refractivity contribution in [3.8, 4) is 5.75 Å². The zero-order valence-corrected chi connectivity index (χ0v) is 10.3. The lowest BCUT2D eigenvalue weighted by molar-refractivity contribution is 0.0680. The highest BCUT2D eigenvalue weighted by atomic mass is 16.5. The Labute approximate surface area is 104 Å². The van der Waals surface area contributed by atoms with Gasteiger partial charge in [0.25, 0.3) is 0 Å². The third kappa shape index (κ3) is 2.01. The summed E-state index contributed by atoms with van der Waals surface area (Å²) in [5.41, 5.74) is 1.57. The van der Waals surface area contributed by atoms with Crippen LogP contribution in [0.5, 0.6) is 5.75 Å². The van der Waals surface area contributed by atoms with E-state index in [1.54, 1.807) is 11.6 Å². The normalized spacial score (nSPS) is 19.5. The van der Waals surface area contributed by atoms with Crippen LogP contribution in [0.4, 0.5) is 0 Å². The second-order valence-corrected chi connectivity index (χ2v) is 4.61. The third-order valence-electron chi connectivity index (χ3n) is 3.34. The molecule has 0 amide bonds. The summed E-state index contributed by atoms with van der Waals surface area (Å²) in [4.78, 5) is 14.2. The standard InChI is InChI=1S/C13H16N2O3/c1-15-12-7-9(4-5-11(12)14-13(15)16)18-8-10-3-2-6-17-10/h4-5,7,10H,2-3,6,8H2,1H3,(H,14,16). The molecule has 1 aliphatic heterocycles. The number of nitrogens with zero attached hydrogens (tertiary/aromatic N) is 1. The average molecular weight is 248 g/mol. The SMILES string of the molecule is Cn1c(=O)[nH]c2ccc(OCC3CCCO3)cc21. The fourth-order valence-electron chi connectivity index (χ4n) is 2.26. The maximum Gasteiger partial charge on any atom is 0.326 e. The number of hydrogen-bond acceptors (Lipinski definition) is 3. The van der Waals surface area contributed by atoms with Crippen molar-refractivity contribution < 1.29 is 9.47 Å². The van der Waals surface area contributed by atoms with Gasteiger partial charge in [0.15, 0.2) is 0 Å². The number of aryl methyl sites for hydroxylation is 1. The van der Waals surface area contributed by atoms with E-state index in [1.807, 2.05) is 18.2 Å². The van der Waals surface area contributed by atoms with Crippen molar-refractivity contribution in [3.63, 3.8) is 0 Å². The monoisotopic (exact) mass is 248 g/mol. The van der Waals surface area contributed by atoms with E-state index in [4.69, 9.17) is 9.47 Å². The summed E-state index contributed by atoms with van der Waals surface area (Å²) in [6.07, 6.45) is 2.38. The summed E-state index contributed by atoms with van der Waals surface area (Å²) in [6, 6.07) is 5.61. The fourth-order valence-corrected chi connectivity index (χ4v) is 2.26. The summed E-state index contributed by atoms with van der Waals surface area (Å²) in [6.45, 7) is 1.41. The van der Waals surface area contributed by atoms with Gasteiger partial charge in [-0.25, -0.2) is 4.79 Å². The summed E-state index contributed by atoms with van der Waals surface area (Å²) in [7, 11) is 1.74. The molecule has 1 aromatic carbocycles. The molecule has 5 heteroatoms. The molecule has 1 saturated heterocycles. The highest BCUT2D eigenvalue weighted by Crippen LogP contribution is 2.20. The summed E-state index contributed by atoms with van der Waals surface area (Å²) in [5.74, 6) is 0.771. The molecule has 2 aromatic rings. The van der Waals surface area contributed by atoms with Crippen LogP contribution in [-0.4, -0.2) is 28.9 Å². The Kier molecular flexibility index (Phi) is 2.83. The zero-order valence-electron chi connectivity index (χ0n) is 10.3. The molecule has 96 valence electrons. The van der Waals surface area contributed by atoms with Crippen molar-refractivity contribution in [2.45, 2.75) is 18.9 Å². The van der Waals surface area contributed by atoms with Crippen LogP contribution in [0, 0.1) is 0 Å². The Morgan fingerprint density at radius 1 is 1.56 bits per heavy atom. The quantitative estimate of drug-likeness (QED) is 0.893. The number of H-pyrrole nitrogens is 1. The van der Waals surface area contributed by atoms with E-state index < -0.39 is 0 Å². The molecular formula is C13H16N2O3. The van der Waals surface area contributed by atoms with Gasteiger partial charge in [0.2, 0.25) is 0 Å². The molecule has 1 fully saturated rings. The Balaban J connectivity index is 1.79. The largest absolute Gasteiger partial charge is 0.491 e. The minimum absolute atomic E-state index is 0.110. The van der Waals surface area contributed by atoms with Crippen LogP contribution >= 0.6 is 0 Å². The summed E-state index contributed by atoms with van der Waals surface area (Å²) in [5, 5.41) is 0. The Bertz CT molecular complexity index is 608. The molecule has 2 heterocycles. The van der Waals surface area contributed by atoms with Gasteiger partial charge in [-0.3, -0.25) is 4.57 Å². The molecule has 0 spiro atoms. The number of hydrogen-bond donors (Lipinski definition) is 1. The maximum absolute atomic E-state index is 11.5. The molecule has 0 bridgehead atoms. The van der Waals surface area contributed by atoms with Crippen LogP contribution in [0.1, 0.15) is 12.8 Å². The zero-order chi connectivity index (χ0) is 12.5. The number of benzene rings is 1. The van der Waals surface area contributed by atoms with Crippen LogP contribution in [0.3, 0.4) is 0 Å². The average Bonchev–Trinajstić information content (AvgIpc) is 2.97. The molecule has 0 radical (unpaired) electrons. The predicted octanol–water partition coefficient (Wildman–Crippen LogP) is 1.42. The number of fused-ring (bicyclic) bond motifs is 1. The van der Waals surface area contributed by atoms with Gasteiger partial charge in [-0.15, -0.1) is 0 Å².